The van der Waals surface area contributed by atoms with Gasteiger partial charge in [-0.25, -0.2) is 9.78 Å². The molecule has 0 aliphatic carbocycles. The Balaban J connectivity index is 2.01. The molecule has 2 aliphatic heterocycles. The highest BCUT2D eigenvalue weighted by molar-refractivity contribution is 8.00. The van der Waals surface area contributed by atoms with Crippen molar-refractivity contribution in [3.63, 3.8) is 0 Å². The van der Waals surface area contributed by atoms with Crippen LogP contribution in [0.3, 0.4) is 0 Å². The number of β-lactam (4-membered cyclic amide) rings is 1. The average molecular weight is 494 g/mol. The Morgan fingerprint density at radius 3 is 2.59 bits per heavy atom. The Labute approximate surface area is 181 Å². The first-order valence-electron chi connectivity index (χ1n) is 8.66. The molecule has 4 rings (SSSR count). The number of alkyl halides is 3. The number of thioether (sulfide) groups is 1. The van der Waals surface area contributed by atoms with Crippen LogP contribution in [0.2, 0.25) is 0 Å². The Morgan fingerprint density at radius 1 is 1.38 bits per heavy atom. The van der Waals surface area contributed by atoms with Crippen molar-refractivity contribution >= 4 is 39.5 Å². The lowest BCUT2D eigenvalue weighted by Crippen LogP contribution is -2.68. The summed E-state index contributed by atoms with van der Waals surface area (Å²) in [4.78, 5) is 32.0. The van der Waals surface area contributed by atoms with E-state index in [0.717, 1.165) is 22.7 Å². The van der Waals surface area contributed by atoms with Crippen LogP contribution in [-0.4, -0.2) is 71.6 Å². The quantitative estimate of drug-likeness (QED) is 0.383. The number of rotatable bonds is 4. The maximum absolute atomic E-state index is 13.1. The van der Waals surface area contributed by atoms with Gasteiger partial charge in [0.25, 0.3) is 21.7 Å². The van der Waals surface area contributed by atoms with E-state index in [4.69, 9.17) is 5.73 Å². The number of nitrogens with two attached hydrogens (primary N) is 1. The van der Waals surface area contributed by atoms with E-state index < -0.39 is 73.4 Å². The number of hydrogen-bond donors (Lipinski definition) is 3. The summed E-state index contributed by atoms with van der Waals surface area (Å²) >= 11 is 0.955. The van der Waals surface area contributed by atoms with Crippen molar-refractivity contribution in [1.82, 2.24) is 24.5 Å². The molecule has 2 aromatic heterocycles. The minimum Gasteiger partial charge on any atom is -0.477 e. The van der Waals surface area contributed by atoms with E-state index in [2.05, 4.69) is 15.1 Å². The molecule has 3 unspecified atom stereocenters. The largest absolute Gasteiger partial charge is 0.477 e. The lowest BCUT2D eigenvalue weighted by molar-refractivity contribution is -0.148. The van der Waals surface area contributed by atoms with Crippen molar-refractivity contribution in [2.45, 2.75) is 29.8 Å². The number of fused-ring (bicyclic) bond motifs is 2. The van der Waals surface area contributed by atoms with Crippen molar-refractivity contribution in [3.8, 4) is 0 Å². The van der Waals surface area contributed by atoms with E-state index in [0.29, 0.717) is 4.52 Å². The number of carbonyl (C=O) groups is 2. The van der Waals surface area contributed by atoms with Crippen LogP contribution in [0.25, 0.3) is 5.78 Å². The van der Waals surface area contributed by atoms with E-state index in [1.807, 2.05) is 0 Å². The fourth-order valence-corrected chi connectivity index (χ4v) is 6.04. The van der Waals surface area contributed by atoms with Crippen LogP contribution < -0.4 is 5.73 Å². The molecular formula is C15H13F3N6O6S2. The van der Waals surface area contributed by atoms with Crippen LogP contribution in [0.15, 0.2) is 17.3 Å². The number of carbonyl (C=O) groups excluding carboxylic acids is 1. The SMILES string of the molecule is Cc1cc(C(C2=C(C(=O)O)N3C(=O)C(N)C3SC2)S(=O)(=O)O)n2nc(C(F)(F)F)nc2n1. The fraction of sp³-hybridized carbons (Fsp3) is 0.400. The van der Waals surface area contributed by atoms with Gasteiger partial charge in [0.1, 0.15) is 17.1 Å². The van der Waals surface area contributed by atoms with Gasteiger partial charge in [-0.2, -0.15) is 31.1 Å². The number of aliphatic carboxylic acids is 1. The molecule has 0 spiro atoms. The Hall–Kier alpha value is -2.76. The molecule has 3 atom stereocenters. The van der Waals surface area contributed by atoms with Crippen molar-refractivity contribution in [1.29, 1.82) is 0 Å². The van der Waals surface area contributed by atoms with Gasteiger partial charge in [0.05, 0.1) is 5.69 Å². The second kappa shape index (κ2) is 7.12. The number of hydrogen-bond acceptors (Lipinski definition) is 9. The number of amides is 1. The van der Waals surface area contributed by atoms with E-state index in [-0.39, 0.29) is 11.4 Å². The van der Waals surface area contributed by atoms with Gasteiger partial charge in [0.15, 0.2) is 5.25 Å². The summed E-state index contributed by atoms with van der Waals surface area (Å²) in [5.74, 6) is -4.96. The van der Waals surface area contributed by atoms with Crippen molar-refractivity contribution in [3.05, 3.63) is 34.5 Å². The first-order chi connectivity index (χ1) is 14.7. The van der Waals surface area contributed by atoms with Gasteiger partial charge in [0.2, 0.25) is 5.91 Å². The maximum Gasteiger partial charge on any atom is 0.453 e. The van der Waals surface area contributed by atoms with Crippen LogP contribution in [-0.2, 0) is 25.9 Å². The summed E-state index contributed by atoms with van der Waals surface area (Å²) in [6.07, 6.45) is -4.98. The molecule has 2 aromatic rings. The Morgan fingerprint density at radius 2 is 2.03 bits per heavy atom. The minimum absolute atomic E-state index is 0.0307. The van der Waals surface area contributed by atoms with Gasteiger partial charge in [0, 0.05) is 11.4 Å². The topological polar surface area (TPSA) is 181 Å². The highest BCUT2D eigenvalue weighted by Crippen LogP contribution is 2.45. The summed E-state index contributed by atoms with van der Waals surface area (Å²) < 4.78 is 74.6. The molecule has 172 valence electrons. The fourth-order valence-electron chi connectivity index (χ4n) is 3.57. The highest BCUT2D eigenvalue weighted by atomic mass is 32.2. The molecule has 32 heavy (non-hydrogen) atoms. The standard InChI is InChI=1S/C15H13F3N6O6S2/c1-4-2-6(24-14(20-4)21-13(22-24)15(16,17)18)9(32(28,29)30)5-3-31-11-7(19)10(25)23(11)8(5)12(26)27/h2,7,9,11H,3,19H2,1H3,(H,26,27)(H,28,29,30). The molecule has 1 fully saturated rings. The Kier molecular flexibility index (Phi) is 4.99. The van der Waals surface area contributed by atoms with Crippen LogP contribution in [0, 0.1) is 6.92 Å². The number of carboxylic acid groups (broad SMARTS) is 1. The second-order valence-electron chi connectivity index (χ2n) is 6.98. The zero-order chi connectivity index (χ0) is 23.7. The van der Waals surface area contributed by atoms with Gasteiger partial charge in [-0.1, -0.05) is 0 Å². The monoisotopic (exact) mass is 494 g/mol. The van der Waals surface area contributed by atoms with Crippen LogP contribution in [0.1, 0.15) is 22.5 Å². The molecule has 1 amide bonds. The number of aryl methyl sites for hydroxylation is 1. The molecule has 4 heterocycles. The van der Waals surface area contributed by atoms with Crippen LogP contribution in [0.5, 0.6) is 0 Å². The van der Waals surface area contributed by atoms with Gasteiger partial charge in [-0.3, -0.25) is 14.2 Å². The molecule has 0 bridgehead atoms. The summed E-state index contributed by atoms with van der Waals surface area (Å²) in [6.45, 7) is 1.34. The summed E-state index contributed by atoms with van der Waals surface area (Å²) in [6, 6.07) is 0.0345. The van der Waals surface area contributed by atoms with Crippen molar-refractivity contribution < 1.29 is 40.8 Å². The second-order valence-corrected chi connectivity index (χ2v) is 9.58. The normalized spacial score (nSPS) is 22.7. The Bertz CT molecular complexity index is 1310. The maximum atomic E-state index is 13.1. The smallest absolute Gasteiger partial charge is 0.453 e. The third-order valence-electron chi connectivity index (χ3n) is 4.85. The summed E-state index contributed by atoms with van der Waals surface area (Å²) in [5, 5.41) is 10.0. The zero-order valence-electron chi connectivity index (χ0n) is 15.8. The van der Waals surface area contributed by atoms with Gasteiger partial charge >= 0.3 is 12.1 Å². The first kappa shape index (κ1) is 22.4. The van der Waals surface area contributed by atoms with E-state index >= 15 is 0 Å². The molecular weight excluding hydrogens is 481 g/mol. The third-order valence-corrected chi connectivity index (χ3v) is 7.29. The summed E-state index contributed by atoms with van der Waals surface area (Å²) in [5.41, 5.74) is 4.02. The zero-order valence-corrected chi connectivity index (χ0v) is 17.4. The molecule has 12 nitrogen and oxygen atoms in total. The third kappa shape index (κ3) is 3.40. The number of carboxylic acids is 1. The van der Waals surface area contributed by atoms with Gasteiger partial charge in [-0.15, -0.1) is 16.9 Å². The molecule has 1 saturated heterocycles. The lowest BCUT2D eigenvalue weighted by atomic mass is 10.0. The number of halogens is 3. The van der Waals surface area contributed by atoms with Crippen molar-refractivity contribution in [2.24, 2.45) is 5.73 Å². The molecule has 17 heteroatoms. The van der Waals surface area contributed by atoms with E-state index in [1.54, 1.807) is 0 Å². The molecule has 4 N–H and O–H groups in total. The van der Waals surface area contributed by atoms with Crippen LogP contribution in [0.4, 0.5) is 13.2 Å². The van der Waals surface area contributed by atoms with Gasteiger partial charge < -0.3 is 10.8 Å². The molecule has 0 aromatic carbocycles. The molecule has 2 aliphatic rings. The van der Waals surface area contributed by atoms with E-state index in [9.17, 15) is 40.8 Å². The van der Waals surface area contributed by atoms with Gasteiger partial charge in [-0.05, 0) is 18.6 Å². The predicted octanol–water partition coefficient (Wildman–Crippen LogP) is -0.0385. The number of nitrogens with zero attached hydrogens (tertiary/aromatic N) is 5. The van der Waals surface area contributed by atoms with Crippen molar-refractivity contribution in [2.75, 3.05) is 5.75 Å². The van der Waals surface area contributed by atoms with Crippen LogP contribution >= 0.6 is 11.8 Å². The number of aromatic nitrogens is 4. The lowest BCUT2D eigenvalue weighted by Gasteiger charge is -2.48. The predicted molar refractivity (Wildman–Crippen MR) is 101 cm³/mol. The highest BCUT2D eigenvalue weighted by Gasteiger charge is 2.54. The minimum atomic E-state index is -5.17. The summed E-state index contributed by atoms with van der Waals surface area (Å²) in [7, 11) is -5.17. The molecule has 0 saturated carbocycles. The van der Waals surface area contributed by atoms with E-state index in [1.165, 1.54) is 6.92 Å². The first-order valence-corrected chi connectivity index (χ1v) is 11.2. The average Bonchev–Trinajstić information content (AvgIpc) is 3.10. The molecule has 0 radical (unpaired) electrons.